The number of halogens is 1. The molecule has 1 aromatic carbocycles. The van der Waals surface area contributed by atoms with E-state index in [9.17, 15) is 0 Å². The molecule has 102 valence electrons. The summed E-state index contributed by atoms with van der Waals surface area (Å²) in [6.07, 6.45) is 0. The minimum absolute atomic E-state index is 0.404. The van der Waals surface area contributed by atoms with E-state index < -0.39 is 0 Å². The van der Waals surface area contributed by atoms with Crippen molar-refractivity contribution in [2.24, 2.45) is 11.7 Å². The summed E-state index contributed by atoms with van der Waals surface area (Å²) in [7, 11) is 0. The number of aryl methyl sites for hydroxylation is 1. The van der Waals surface area contributed by atoms with Gasteiger partial charge in [-0.15, -0.1) is 11.3 Å². The molecule has 0 fully saturated rings. The van der Waals surface area contributed by atoms with Gasteiger partial charge in [-0.3, -0.25) is 0 Å². The smallest absolute Gasteiger partial charge is 0.123 e. The number of hydrogen-bond acceptors (Lipinski definition) is 3. The number of aromatic nitrogens is 1. The number of benzene rings is 1. The van der Waals surface area contributed by atoms with Crippen LogP contribution in [0, 0.1) is 12.8 Å². The second kappa shape index (κ2) is 6.16. The lowest BCUT2D eigenvalue weighted by Gasteiger charge is -2.17. The highest BCUT2D eigenvalue weighted by atomic mass is 79.9. The third kappa shape index (κ3) is 3.25. The summed E-state index contributed by atoms with van der Waals surface area (Å²) in [6.45, 7) is 7.20. The molecule has 0 radical (unpaired) electrons. The first-order chi connectivity index (χ1) is 9.02. The first-order valence-corrected chi connectivity index (χ1v) is 8.07. The van der Waals surface area contributed by atoms with Gasteiger partial charge in [0.1, 0.15) is 5.01 Å². The van der Waals surface area contributed by atoms with Gasteiger partial charge in [0.15, 0.2) is 0 Å². The van der Waals surface area contributed by atoms with Crippen LogP contribution in [-0.2, 0) is 0 Å². The Morgan fingerprint density at radius 2 is 1.89 bits per heavy atom. The predicted octanol–water partition coefficient (Wildman–Crippen LogP) is 4.58. The fraction of sp³-hybridized carbons (Fsp3) is 0.400. The Labute approximate surface area is 127 Å². The number of nitrogens with zero attached hydrogens (tertiary/aromatic N) is 1. The number of thiazole rings is 1. The third-order valence-electron chi connectivity index (χ3n) is 3.32. The zero-order valence-electron chi connectivity index (χ0n) is 11.5. The van der Waals surface area contributed by atoms with Crippen molar-refractivity contribution in [2.45, 2.75) is 26.7 Å². The lowest BCUT2D eigenvalue weighted by Crippen LogP contribution is -2.17. The third-order valence-corrected chi connectivity index (χ3v) is 5.19. The Morgan fingerprint density at radius 3 is 2.42 bits per heavy atom. The van der Waals surface area contributed by atoms with Crippen LogP contribution in [-0.4, -0.2) is 11.5 Å². The van der Waals surface area contributed by atoms with Crippen molar-refractivity contribution in [1.82, 2.24) is 4.98 Å². The fourth-order valence-electron chi connectivity index (χ4n) is 2.15. The average Bonchev–Trinajstić information content (AvgIpc) is 2.73. The maximum Gasteiger partial charge on any atom is 0.123 e. The van der Waals surface area contributed by atoms with Gasteiger partial charge in [0.25, 0.3) is 0 Å². The second-order valence-corrected chi connectivity index (χ2v) is 7.01. The van der Waals surface area contributed by atoms with E-state index in [0.717, 1.165) is 15.2 Å². The fourth-order valence-corrected chi connectivity index (χ4v) is 3.77. The molecule has 2 nitrogen and oxygen atoms in total. The molecule has 0 aliphatic rings. The summed E-state index contributed by atoms with van der Waals surface area (Å²) >= 11 is 5.23. The molecule has 19 heavy (non-hydrogen) atoms. The second-order valence-electron chi connectivity index (χ2n) is 5.06. The van der Waals surface area contributed by atoms with Gasteiger partial charge in [0, 0.05) is 27.4 Å². The molecule has 2 aromatic rings. The van der Waals surface area contributed by atoms with Crippen molar-refractivity contribution in [3.8, 4) is 10.6 Å². The molecule has 2 rings (SSSR count). The van der Waals surface area contributed by atoms with Crippen molar-refractivity contribution < 1.29 is 0 Å². The number of nitrogens with two attached hydrogens (primary N) is 1. The predicted molar refractivity (Wildman–Crippen MR) is 86.6 cm³/mol. The van der Waals surface area contributed by atoms with Crippen LogP contribution < -0.4 is 5.73 Å². The Hall–Kier alpha value is -0.710. The maximum atomic E-state index is 5.92. The van der Waals surface area contributed by atoms with Crippen LogP contribution >= 0.6 is 27.3 Å². The van der Waals surface area contributed by atoms with E-state index in [1.165, 1.54) is 10.4 Å². The first-order valence-electron chi connectivity index (χ1n) is 6.46. The molecular formula is C15H19BrN2S. The van der Waals surface area contributed by atoms with E-state index >= 15 is 0 Å². The van der Waals surface area contributed by atoms with E-state index in [4.69, 9.17) is 10.7 Å². The van der Waals surface area contributed by atoms with Gasteiger partial charge < -0.3 is 5.73 Å². The summed E-state index contributed by atoms with van der Waals surface area (Å²) in [5.74, 6) is 0.948. The van der Waals surface area contributed by atoms with E-state index in [0.29, 0.717) is 18.4 Å². The Kier molecular flexibility index (Phi) is 4.76. The van der Waals surface area contributed by atoms with Gasteiger partial charge in [0.05, 0.1) is 5.69 Å². The molecule has 0 aliphatic carbocycles. The Balaban J connectivity index is 2.38. The van der Waals surface area contributed by atoms with Crippen molar-refractivity contribution in [3.63, 3.8) is 0 Å². The van der Waals surface area contributed by atoms with E-state index in [1.54, 1.807) is 11.3 Å². The molecule has 2 N–H and O–H groups in total. The van der Waals surface area contributed by atoms with Gasteiger partial charge >= 0.3 is 0 Å². The summed E-state index contributed by atoms with van der Waals surface area (Å²) in [5.41, 5.74) is 8.20. The summed E-state index contributed by atoms with van der Waals surface area (Å²) < 4.78 is 1.09. The minimum Gasteiger partial charge on any atom is -0.330 e. The van der Waals surface area contributed by atoms with Gasteiger partial charge in [-0.25, -0.2) is 4.98 Å². The summed E-state index contributed by atoms with van der Waals surface area (Å²) in [4.78, 5) is 6.04. The molecule has 0 saturated heterocycles. The molecule has 0 aliphatic heterocycles. The van der Waals surface area contributed by atoms with Gasteiger partial charge in [0.2, 0.25) is 0 Å². The SMILES string of the molecule is Cc1nc(-c2ccc(Br)cc2)sc1C(CN)C(C)C. The molecule has 0 spiro atoms. The van der Waals surface area contributed by atoms with Crippen molar-refractivity contribution in [2.75, 3.05) is 6.54 Å². The Bertz CT molecular complexity index is 546. The van der Waals surface area contributed by atoms with E-state index in [-0.39, 0.29) is 0 Å². The summed E-state index contributed by atoms with van der Waals surface area (Å²) in [6, 6.07) is 8.29. The van der Waals surface area contributed by atoms with Crippen LogP contribution in [0.4, 0.5) is 0 Å². The van der Waals surface area contributed by atoms with Gasteiger partial charge in [-0.1, -0.05) is 41.9 Å². The quantitative estimate of drug-likeness (QED) is 0.886. The monoisotopic (exact) mass is 338 g/mol. The summed E-state index contributed by atoms with van der Waals surface area (Å²) in [5, 5.41) is 1.08. The van der Waals surface area contributed by atoms with Crippen LogP contribution in [0.5, 0.6) is 0 Å². The van der Waals surface area contributed by atoms with Crippen LogP contribution in [0.2, 0.25) is 0 Å². The molecule has 1 heterocycles. The zero-order valence-corrected chi connectivity index (χ0v) is 13.9. The van der Waals surface area contributed by atoms with Crippen LogP contribution in [0.3, 0.4) is 0 Å². The van der Waals surface area contributed by atoms with Gasteiger partial charge in [-0.05, 0) is 25.0 Å². The van der Waals surface area contributed by atoms with Crippen LogP contribution in [0.25, 0.3) is 10.6 Å². The standard InChI is InChI=1S/C15H19BrN2S/c1-9(2)13(8-17)14-10(3)18-15(19-14)11-4-6-12(16)7-5-11/h4-7,9,13H,8,17H2,1-3H3. The van der Waals surface area contributed by atoms with Crippen molar-refractivity contribution in [1.29, 1.82) is 0 Å². The first kappa shape index (κ1) is 14.7. The van der Waals surface area contributed by atoms with Crippen LogP contribution in [0.1, 0.15) is 30.3 Å². The van der Waals surface area contributed by atoms with E-state index in [2.05, 4.69) is 61.0 Å². The maximum absolute atomic E-state index is 5.92. The van der Waals surface area contributed by atoms with Crippen molar-refractivity contribution in [3.05, 3.63) is 39.3 Å². The molecule has 1 atom stereocenters. The molecule has 4 heteroatoms. The highest BCUT2D eigenvalue weighted by Crippen LogP contribution is 2.35. The molecule has 1 aromatic heterocycles. The lowest BCUT2D eigenvalue weighted by atomic mass is 9.93. The molecule has 1 unspecified atom stereocenters. The molecule has 0 amide bonds. The topological polar surface area (TPSA) is 38.9 Å². The largest absolute Gasteiger partial charge is 0.330 e. The highest BCUT2D eigenvalue weighted by molar-refractivity contribution is 9.10. The Morgan fingerprint density at radius 1 is 1.26 bits per heavy atom. The minimum atomic E-state index is 0.404. The number of rotatable bonds is 4. The lowest BCUT2D eigenvalue weighted by molar-refractivity contribution is 0.510. The highest BCUT2D eigenvalue weighted by Gasteiger charge is 2.20. The average molecular weight is 339 g/mol. The molecular weight excluding hydrogens is 320 g/mol. The normalized spacial score (nSPS) is 12.9. The molecule has 0 bridgehead atoms. The molecule has 0 saturated carbocycles. The van der Waals surface area contributed by atoms with E-state index in [1.807, 2.05) is 0 Å². The van der Waals surface area contributed by atoms with Gasteiger partial charge in [-0.2, -0.15) is 0 Å². The number of hydrogen-bond donors (Lipinski definition) is 1. The van der Waals surface area contributed by atoms with Crippen LogP contribution in [0.15, 0.2) is 28.7 Å². The zero-order chi connectivity index (χ0) is 14.0. The van der Waals surface area contributed by atoms with Crippen molar-refractivity contribution >= 4 is 27.3 Å².